The molecular weight excluding hydrogens is 254 g/mol. The Kier molecular flexibility index (Phi) is 3.22. The van der Waals surface area contributed by atoms with Crippen LogP contribution in [-0.4, -0.2) is 32.9 Å². The first-order valence-electron chi connectivity index (χ1n) is 7.47. The molecule has 0 atom stereocenters. The minimum atomic E-state index is -0.440. The third-order valence-corrected chi connectivity index (χ3v) is 3.67. The van der Waals surface area contributed by atoms with Crippen molar-refractivity contribution in [2.24, 2.45) is 0 Å². The van der Waals surface area contributed by atoms with E-state index in [9.17, 15) is 4.79 Å². The normalized spacial score (nSPS) is 19.4. The molecule has 5 nitrogen and oxygen atoms in total. The lowest BCUT2D eigenvalue weighted by atomic mass is 10.2. The first kappa shape index (κ1) is 13.5. The number of aryl methyl sites for hydroxylation is 1. The van der Waals surface area contributed by atoms with E-state index in [0.717, 1.165) is 25.1 Å². The monoisotopic (exact) mass is 277 g/mol. The molecule has 0 spiro atoms. The van der Waals surface area contributed by atoms with Crippen molar-refractivity contribution in [2.45, 2.75) is 64.6 Å². The molecule has 2 aliphatic rings. The Morgan fingerprint density at radius 1 is 1.40 bits per heavy atom. The van der Waals surface area contributed by atoms with Gasteiger partial charge in [-0.25, -0.2) is 4.79 Å². The van der Waals surface area contributed by atoms with E-state index in [0.29, 0.717) is 12.6 Å². The van der Waals surface area contributed by atoms with E-state index in [1.807, 2.05) is 20.8 Å². The van der Waals surface area contributed by atoms with Crippen LogP contribution < -0.4 is 0 Å². The summed E-state index contributed by atoms with van der Waals surface area (Å²) < 4.78 is 7.56. The van der Waals surface area contributed by atoms with Crippen LogP contribution in [0.4, 0.5) is 4.79 Å². The fraction of sp³-hybridized carbons (Fsp3) is 0.733. The molecule has 1 aliphatic carbocycles. The second-order valence-corrected chi connectivity index (χ2v) is 6.82. The summed E-state index contributed by atoms with van der Waals surface area (Å²) in [7, 11) is 0. The summed E-state index contributed by atoms with van der Waals surface area (Å²) in [6, 6.07) is 0.594. The zero-order chi connectivity index (χ0) is 14.3. The molecular formula is C15H23N3O2. The van der Waals surface area contributed by atoms with Crippen LogP contribution in [0.5, 0.6) is 0 Å². The van der Waals surface area contributed by atoms with Crippen molar-refractivity contribution >= 4 is 6.09 Å². The van der Waals surface area contributed by atoms with Gasteiger partial charge in [0.15, 0.2) is 0 Å². The number of hydrogen-bond acceptors (Lipinski definition) is 3. The van der Waals surface area contributed by atoms with Gasteiger partial charge in [-0.2, -0.15) is 5.10 Å². The Labute approximate surface area is 119 Å². The maximum Gasteiger partial charge on any atom is 0.410 e. The molecule has 3 rings (SSSR count). The van der Waals surface area contributed by atoms with Crippen LogP contribution in [0, 0.1) is 0 Å². The average Bonchev–Trinajstić information content (AvgIpc) is 3.12. The largest absolute Gasteiger partial charge is 0.444 e. The molecule has 1 saturated carbocycles. The van der Waals surface area contributed by atoms with Crippen molar-refractivity contribution in [3.05, 3.63) is 17.5 Å². The number of hydrogen-bond donors (Lipinski definition) is 0. The molecule has 1 fully saturated rings. The molecule has 0 saturated heterocycles. The number of ether oxygens (including phenoxy) is 1. The minimum absolute atomic E-state index is 0.218. The first-order chi connectivity index (χ1) is 9.42. The highest BCUT2D eigenvalue weighted by Gasteiger charge is 2.29. The van der Waals surface area contributed by atoms with E-state index in [4.69, 9.17) is 4.74 Å². The number of fused-ring (bicyclic) bond motifs is 1. The number of carbonyl (C=O) groups excluding carboxylic acids is 1. The molecule has 0 radical (unpaired) electrons. The van der Waals surface area contributed by atoms with Crippen molar-refractivity contribution in [1.29, 1.82) is 0 Å². The lowest BCUT2D eigenvalue weighted by molar-refractivity contribution is 0.0236. The molecule has 1 aliphatic heterocycles. The Morgan fingerprint density at radius 3 is 2.80 bits per heavy atom. The minimum Gasteiger partial charge on any atom is -0.444 e. The molecule has 20 heavy (non-hydrogen) atoms. The van der Waals surface area contributed by atoms with Gasteiger partial charge in [0, 0.05) is 18.3 Å². The zero-order valence-electron chi connectivity index (χ0n) is 12.6. The van der Waals surface area contributed by atoms with Crippen LogP contribution in [0.15, 0.2) is 6.20 Å². The van der Waals surface area contributed by atoms with Gasteiger partial charge >= 0.3 is 6.09 Å². The van der Waals surface area contributed by atoms with Gasteiger partial charge in [-0.3, -0.25) is 4.68 Å². The fourth-order valence-corrected chi connectivity index (χ4v) is 2.54. The lowest BCUT2D eigenvalue weighted by Gasteiger charge is -2.26. The second kappa shape index (κ2) is 4.79. The predicted molar refractivity (Wildman–Crippen MR) is 75.5 cm³/mol. The zero-order valence-corrected chi connectivity index (χ0v) is 12.6. The molecule has 0 unspecified atom stereocenters. The number of aromatic nitrogens is 2. The second-order valence-electron chi connectivity index (χ2n) is 6.82. The van der Waals surface area contributed by atoms with E-state index in [-0.39, 0.29) is 6.09 Å². The Morgan fingerprint density at radius 2 is 2.15 bits per heavy atom. The third kappa shape index (κ3) is 2.97. The van der Waals surface area contributed by atoms with Crippen molar-refractivity contribution in [3.63, 3.8) is 0 Å². The Bertz CT molecular complexity index is 512. The van der Waals surface area contributed by atoms with Gasteiger partial charge in [0.25, 0.3) is 0 Å². The SMILES string of the molecule is CC(C)(C)OC(=O)N1CCCc2nn(C3CC3)cc2C1. The smallest absolute Gasteiger partial charge is 0.410 e. The summed E-state index contributed by atoms with van der Waals surface area (Å²) >= 11 is 0. The van der Waals surface area contributed by atoms with Gasteiger partial charge < -0.3 is 9.64 Å². The highest BCUT2D eigenvalue weighted by Crippen LogP contribution is 2.35. The molecule has 2 heterocycles. The van der Waals surface area contributed by atoms with Crippen molar-refractivity contribution in [1.82, 2.24) is 14.7 Å². The predicted octanol–water partition coefficient (Wildman–Crippen LogP) is 2.90. The number of carbonyl (C=O) groups is 1. The summed E-state index contributed by atoms with van der Waals surface area (Å²) in [5.74, 6) is 0. The summed E-state index contributed by atoms with van der Waals surface area (Å²) in [6.45, 7) is 7.07. The molecule has 0 N–H and O–H groups in total. The van der Waals surface area contributed by atoms with E-state index >= 15 is 0 Å². The summed E-state index contributed by atoms with van der Waals surface area (Å²) in [5.41, 5.74) is 1.90. The third-order valence-electron chi connectivity index (χ3n) is 3.67. The number of rotatable bonds is 1. The van der Waals surface area contributed by atoms with Crippen LogP contribution in [0.1, 0.15) is 57.3 Å². The quantitative estimate of drug-likeness (QED) is 0.793. The van der Waals surface area contributed by atoms with Gasteiger partial charge in [-0.1, -0.05) is 0 Å². The number of nitrogens with zero attached hydrogens (tertiary/aromatic N) is 3. The maximum atomic E-state index is 12.2. The van der Waals surface area contributed by atoms with Gasteiger partial charge in [-0.15, -0.1) is 0 Å². The van der Waals surface area contributed by atoms with E-state index < -0.39 is 5.60 Å². The number of amides is 1. The van der Waals surface area contributed by atoms with Crippen LogP contribution in [0.25, 0.3) is 0 Å². The van der Waals surface area contributed by atoms with E-state index in [1.165, 1.54) is 18.4 Å². The van der Waals surface area contributed by atoms with Crippen LogP contribution in [0.3, 0.4) is 0 Å². The Balaban J connectivity index is 1.73. The highest BCUT2D eigenvalue weighted by molar-refractivity contribution is 5.68. The van der Waals surface area contributed by atoms with Crippen molar-refractivity contribution in [3.8, 4) is 0 Å². The first-order valence-corrected chi connectivity index (χ1v) is 7.47. The van der Waals surface area contributed by atoms with Crippen LogP contribution in [-0.2, 0) is 17.7 Å². The molecule has 1 amide bonds. The summed E-state index contributed by atoms with van der Waals surface area (Å²) in [6.07, 6.45) is 6.27. The maximum absolute atomic E-state index is 12.2. The summed E-state index contributed by atoms with van der Waals surface area (Å²) in [5, 5.41) is 4.68. The average molecular weight is 277 g/mol. The van der Waals surface area contributed by atoms with Crippen molar-refractivity contribution in [2.75, 3.05) is 6.54 Å². The highest BCUT2D eigenvalue weighted by atomic mass is 16.6. The van der Waals surface area contributed by atoms with Crippen LogP contribution in [0.2, 0.25) is 0 Å². The van der Waals surface area contributed by atoms with E-state index in [1.54, 1.807) is 4.90 Å². The van der Waals surface area contributed by atoms with Gasteiger partial charge in [0.1, 0.15) is 5.60 Å². The molecule has 1 aromatic heterocycles. The lowest BCUT2D eigenvalue weighted by Crippen LogP contribution is -2.36. The fourth-order valence-electron chi connectivity index (χ4n) is 2.54. The molecule has 5 heteroatoms. The molecule has 110 valence electrons. The van der Waals surface area contributed by atoms with Gasteiger partial charge in [0.05, 0.1) is 18.3 Å². The molecule has 1 aromatic rings. The molecule has 0 bridgehead atoms. The summed E-state index contributed by atoms with van der Waals surface area (Å²) in [4.78, 5) is 14.0. The Hall–Kier alpha value is -1.52. The topological polar surface area (TPSA) is 47.4 Å². The van der Waals surface area contributed by atoms with Gasteiger partial charge in [0.2, 0.25) is 0 Å². The van der Waals surface area contributed by atoms with Crippen molar-refractivity contribution < 1.29 is 9.53 Å². The molecule has 0 aromatic carbocycles. The standard InChI is InChI=1S/C15H23N3O2/c1-15(2,3)20-14(19)17-8-4-5-13-11(9-17)10-18(16-13)12-6-7-12/h10,12H,4-9H2,1-3H3. The van der Waals surface area contributed by atoms with E-state index in [2.05, 4.69) is 16.0 Å². The van der Waals surface area contributed by atoms with Crippen LogP contribution >= 0.6 is 0 Å². The van der Waals surface area contributed by atoms with Gasteiger partial charge in [-0.05, 0) is 46.5 Å².